The highest BCUT2D eigenvalue weighted by atomic mass is 16.5. The van der Waals surface area contributed by atoms with E-state index in [0.717, 1.165) is 18.8 Å². The van der Waals surface area contributed by atoms with Crippen LogP contribution in [0.2, 0.25) is 0 Å². The molecule has 0 radical (unpaired) electrons. The van der Waals surface area contributed by atoms with Crippen molar-refractivity contribution >= 4 is 5.69 Å². The Morgan fingerprint density at radius 2 is 2.19 bits per heavy atom. The second-order valence-corrected chi connectivity index (χ2v) is 5.27. The van der Waals surface area contributed by atoms with Crippen molar-refractivity contribution in [2.45, 2.75) is 45.6 Å². The molecule has 1 atom stereocenters. The minimum Gasteiger partial charge on any atom is -0.494 e. The van der Waals surface area contributed by atoms with E-state index in [2.05, 4.69) is 38.2 Å². The van der Waals surface area contributed by atoms with Crippen LogP contribution in [0.25, 0.3) is 0 Å². The van der Waals surface area contributed by atoms with Crippen LogP contribution in [0.4, 0.5) is 5.69 Å². The van der Waals surface area contributed by atoms with Crippen molar-refractivity contribution in [1.29, 1.82) is 0 Å². The molecular weight excluding hydrogens is 198 g/mol. The fraction of sp³-hybridized carbons (Fsp3) is 0.571. The molecule has 0 saturated carbocycles. The fourth-order valence-electron chi connectivity index (χ4n) is 2.66. The first-order chi connectivity index (χ1) is 7.53. The molecule has 2 heteroatoms. The average molecular weight is 219 g/mol. The molecule has 1 aromatic carbocycles. The van der Waals surface area contributed by atoms with E-state index in [0.29, 0.717) is 6.04 Å². The number of ether oxygens (including phenoxy) is 1. The molecule has 16 heavy (non-hydrogen) atoms. The van der Waals surface area contributed by atoms with Crippen LogP contribution in [-0.4, -0.2) is 12.6 Å². The summed E-state index contributed by atoms with van der Waals surface area (Å²) in [6.07, 6.45) is 1.16. The third kappa shape index (κ3) is 2.01. The van der Waals surface area contributed by atoms with Crippen LogP contribution in [0.3, 0.4) is 0 Å². The molecular formula is C14H21NO. The van der Waals surface area contributed by atoms with E-state index in [1.165, 1.54) is 11.3 Å². The van der Waals surface area contributed by atoms with E-state index < -0.39 is 0 Å². The lowest BCUT2D eigenvalue weighted by molar-refractivity contribution is 0.337. The minimum atomic E-state index is 0.229. The Bertz CT molecular complexity index is 384. The Labute approximate surface area is 98.0 Å². The molecule has 0 aromatic heterocycles. The van der Waals surface area contributed by atoms with E-state index in [1.807, 2.05) is 13.0 Å². The minimum absolute atomic E-state index is 0.229. The van der Waals surface area contributed by atoms with E-state index in [4.69, 9.17) is 4.74 Å². The summed E-state index contributed by atoms with van der Waals surface area (Å²) in [6, 6.07) is 6.90. The molecule has 0 aliphatic carbocycles. The van der Waals surface area contributed by atoms with Crippen LogP contribution in [0.1, 0.15) is 39.7 Å². The highest BCUT2D eigenvalue weighted by Gasteiger charge is 2.30. The SMILES string of the molecule is CCOc1ccc2c(c1)C(C)(C)CC(C)N2. The molecule has 1 aliphatic rings. The Hall–Kier alpha value is -1.18. The highest BCUT2D eigenvalue weighted by molar-refractivity contribution is 5.59. The summed E-state index contributed by atoms with van der Waals surface area (Å²) in [7, 11) is 0. The Kier molecular flexibility index (Phi) is 2.83. The van der Waals surface area contributed by atoms with Crippen molar-refractivity contribution in [2.75, 3.05) is 11.9 Å². The number of fused-ring (bicyclic) bond motifs is 1. The average Bonchev–Trinajstić information content (AvgIpc) is 2.18. The zero-order valence-corrected chi connectivity index (χ0v) is 10.6. The van der Waals surface area contributed by atoms with E-state index in [1.54, 1.807) is 0 Å². The molecule has 0 spiro atoms. The normalized spacial score (nSPS) is 22.1. The summed E-state index contributed by atoms with van der Waals surface area (Å²) >= 11 is 0. The van der Waals surface area contributed by atoms with Crippen molar-refractivity contribution in [3.8, 4) is 5.75 Å². The predicted octanol–water partition coefficient (Wildman–Crippen LogP) is 3.57. The van der Waals surface area contributed by atoms with Crippen LogP contribution in [0, 0.1) is 0 Å². The maximum absolute atomic E-state index is 5.56. The standard InChI is InChI=1S/C14H21NO/c1-5-16-11-6-7-13-12(8-11)14(3,4)9-10(2)15-13/h6-8,10,15H,5,9H2,1-4H3. The first kappa shape index (κ1) is 11.3. The summed E-state index contributed by atoms with van der Waals surface area (Å²) in [6.45, 7) is 9.59. The van der Waals surface area contributed by atoms with E-state index in [9.17, 15) is 0 Å². The summed E-state index contributed by atoms with van der Waals surface area (Å²) in [5, 5.41) is 3.53. The van der Waals surface area contributed by atoms with Gasteiger partial charge in [0, 0.05) is 11.7 Å². The molecule has 0 saturated heterocycles. The van der Waals surface area contributed by atoms with Gasteiger partial charge in [-0.25, -0.2) is 0 Å². The van der Waals surface area contributed by atoms with Gasteiger partial charge in [-0.05, 0) is 49.4 Å². The van der Waals surface area contributed by atoms with Crippen LogP contribution in [0.5, 0.6) is 5.75 Å². The summed E-state index contributed by atoms with van der Waals surface area (Å²) < 4.78 is 5.56. The Morgan fingerprint density at radius 1 is 1.44 bits per heavy atom. The number of nitrogens with one attached hydrogen (secondary N) is 1. The van der Waals surface area contributed by atoms with Gasteiger partial charge in [0.2, 0.25) is 0 Å². The number of benzene rings is 1. The molecule has 1 aliphatic heterocycles. The van der Waals surface area contributed by atoms with Crippen LogP contribution < -0.4 is 10.1 Å². The van der Waals surface area contributed by atoms with Crippen molar-refractivity contribution < 1.29 is 4.74 Å². The molecule has 1 heterocycles. The molecule has 2 rings (SSSR count). The Morgan fingerprint density at radius 3 is 2.88 bits per heavy atom. The zero-order chi connectivity index (χ0) is 11.8. The van der Waals surface area contributed by atoms with Crippen molar-refractivity contribution in [2.24, 2.45) is 0 Å². The van der Waals surface area contributed by atoms with Gasteiger partial charge in [-0.1, -0.05) is 13.8 Å². The highest BCUT2D eigenvalue weighted by Crippen LogP contribution is 2.40. The van der Waals surface area contributed by atoms with Gasteiger partial charge in [0.25, 0.3) is 0 Å². The van der Waals surface area contributed by atoms with Crippen LogP contribution in [-0.2, 0) is 5.41 Å². The van der Waals surface area contributed by atoms with E-state index >= 15 is 0 Å². The largest absolute Gasteiger partial charge is 0.494 e. The van der Waals surface area contributed by atoms with Gasteiger partial charge in [0.15, 0.2) is 0 Å². The molecule has 88 valence electrons. The van der Waals surface area contributed by atoms with Crippen LogP contribution >= 0.6 is 0 Å². The second kappa shape index (κ2) is 4.00. The van der Waals surface area contributed by atoms with Gasteiger partial charge >= 0.3 is 0 Å². The molecule has 1 unspecified atom stereocenters. The van der Waals surface area contributed by atoms with Crippen molar-refractivity contribution in [3.63, 3.8) is 0 Å². The quantitative estimate of drug-likeness (QED) is 0.821. The molecule has 1 N–H and O–H groups in total. The number of hydrogen-bond donors (Lipinski definition) is 1. The summed E-state index contributed by atoms with van der Waals surface area (Å²) in [4.78, 5) is 0. The van der Waals surface area contributed by atoms with Crippen molar-refractivity contribution in [3.05, 3.63) is 23.8 Å². The maximum atomic E-state index is 5.56. The fourth-order valence-corrected chi connectivity index (χ4v) is 2.66. The topological polar surface area (TPSA) is 21.3 Å². The van der Waals surface area contributed by atoms with Gasteiger partial charge in [0.1, 0.15) is 5.75 Å². The molecule has 0 amide bonds. The van der Waals surface area contributed by atoms with Gasteiger partial charge in [0.05, 0.1) is 6.61 Å². The lowest BCUT2D eigenvalue weighted by Gasteiger charge is -2.37. The number of rotatable bonds is 2. The summed E-state index contributed by atoms with van der Waals surface area (Å²) in [5.74, 6) is 0.977. The molecule has 0 fully saturated rings. The lowest BCUT2D eigenvalue weighted by atomic mass is 9.76. The molecule has 0 bridgehead atoms. The predicted molar refractivity (Wildman–Crippen MR) is 68.3 cm³/mol. The third-order valence-corrected chi connectivity index (χ3v) is 3.25. The van der Waals surface area contributed by atoms with Crippen molar-refractivity contribution in [1.82, 2.24) is 0 Å². The number of anilines is 1. The van der Waals surface area contributed by atoms with Crippen LogP contribution in [0.15, 0.2) is 18.2 Å². The first-order valence-electron chi connectivity index (χ1n) is 6.07. The first-order valence-corrected chi connectivity index (χ1v) is 6.07. The second-order valence-electron chi connectivity index (χ2n) is 5.27. The van der Waals surface area contributed by atoms with Gasteiger partial charge in [-0.15, -0.1) is 0 Å². The maximum Gasteiger partial charge on any atom is 0.119 e. The van der Waals surface area contributed by atoms with E-state index in [-0.39, 0.29) is 5.41 Å². The molecule has 1 aromatic rings. The van der Waals surface area contributed by atoms with Gasteiger partial charge in [-0.2, -0.15) is 0 Å². The summed E-state index contributed by atoms with van der Waals surface area (Å²) in [5.41, 5.74) is 2.86. The smallest absolute Gasteiger partial charge is 0.119 e. The zero-order valence-electron chi connectivity index (χ0n) is 10.6. The third-order valence-electron chi connectivity index (χ3n) is 3.25. The molecule has 2 nitrogen and oxygen atoms in total. The lowest BCUT2D eigenvalue weighted by Crippen LogP contribution is -2.34. The monoisotopic (exact) mass is 219 g/mol. The Balaban J connectivity index is 2.40. The number of hydrogen-bond acceptors (Lipinski definition) is 2. The van der Waals surface area contributed by atoms with Gasteiger partial charge < -0.3 is 10.1 Å². The van der Waals surface area contributed by atoms with Gasteiger partial charge in [-0.3, -0.25) is 0 Å².